The Morgan fingerprint density at radius 2 is 2.09 bits per heavy atom. The van der Waals surface area contributed by atoms with Gasteiger partial charge in [-0.3, -0.25) is 4.79 Å². The molecule has 2 aromatic rings. The first kappa shape index (κ1) is 14.6. The predicted octanol–water partition coefficient (Wildman–Crippen LogP) is 2.27. The van der Waals surface area contributed by atoms with Crippen molar-refractivity contribution in [3.63, 3.8) is 0 Å². The van der Waals surface area contributed by atoms with Crippen LogP contribution >= 0.6 is 11.3 Å². The molecule has 4 rings (SSSR count). The zero-order chi connectivity index (χ0) is 15.8. The third-order valence-corrected chi connectivity index (χ3v) is 5.76. The second kappa shape index (κ2) is 5.92. The highest BCUT2D eigenvalue weighted by molar-refractivity contribution is 7.10. The third kappa shape index (κ3) is 2.72. The molecular formula is C17H20N4OS. The number of likely N-dealkylation sites (tertiary alicyclic amines) is 1. The monoisotopic (exact) mass is 328 g/mol. The quantitative estimate of drug-likeness (QED) is 0.867. The molecule has 0 unspecified atom stereocenters. The van der Waals surface area contributed by atoms with E-state index in [1.807, 2.05) is 36.6 Å². The van der Waals surface area contributed by atoms with Crippen LogP contribution < -0.4 is 4.90 Å². The van der Waals surface area contributed by atoms with Gasteiger partial charge in [0, 0.05) is 18.0 Å². The van der Waals surface area contributed by atoms with Crippen LogP contribution in [0.3, 0.4) is 0 Å². The molecule has 0 N–H and O–H groups in total. The van der Waals surface area contributed by atoms with Gasteiger partial charge in [0.15, 0.2) is 5.82 Å². The van der Waals surface area contributed by atoms with Crippen molar-refractivity contribution in [3.05, 3.63) is 40.2 Å². The number of amides is 1. The van der Waals surface area contributed by atoms with Gasteiger partial charge in [-0.25, -0.2) is 0 Å². The number of carbonyl (C=O) groups excluding carboxylic acids is 1. The van der Waals surface area contributed by atoms with E-state index < -0.39 is 0 Å². The van der Waals surface area contributed by atoms with Crippen molar-refractivity contribution in [3.8, 4) is 0 Å². The van der Waals surface area contributed by atoms with E-state index in [-0.39, 0.29) is 5.91 Å². The Kier molecular flexibility index (Phi) is 3.77. The van der Waals surface area contributed by atoms with Crippen molar-refractivity contribution >= 4 is 23.1 Å². The van der Waals surface area contributed by atoms with E-state index in [9.17, 15) is 4.79 Å². The van der Waals surface area contributed by atoms with E-state index in [0.717, 1.165) is 42.3 Å². The Morgan fingerprint density at radius 3 is 2.83 bits per heavy atom. The maximum Gasteiger partial charge on any atom is 0.228 e. The predicted molar refractivity (Wildman–Crippen MR) is 90.7 cm³/mol. The minimum Gasteiger partial charge on any atom is -0.350 e. The summed E-state index contributed by atoms with van der Waals surface area (Å²) in [6, 6.07) is 8.81. The van der Waals surface area contributed by atoms with Gasteiger partial charge in [-0.2, -0.15) is 5.10 Å². The first-order valence-corrected chi connectivity index (χ1v) is 8.99. The number of thiophene rings is 1. The highest BCUT2D eigenvalue weighted by Gasteiger charge is 2.44. The Balaban J connectivity index is 1.47. The van der Waals surface area contributed by atoms with Crippen molar-refractivity contribution in [2.24, 2.45) is 0 Å². The average molecular weight is 328 g/mol. The summed E-state index contributed by atoms with van der Waals surface area (Å²) in [4.78, 5) is 18.2. The normalized spacial score (nSPS) is 23.3. The minimum atomic E-state index is 0.261. The van der Waals surface area contributed by atoms with Crippen LogP contribution in [-0.4, -0.2) is 46.2 Å². The van der Waals surface area contributed by atoms with Crippen LogP contribution in [0.4, 0.5) is 5.82 Å². The van der Waals surface area contributed by atoms with Gasteiger partial charge in [0.05, 0.1) is 24.2 Å². The van der Waals surface area contributed by atoms with E-state index in [0.29, 0.717) is 18.5 Å². The molecule has 0 radical (unpaired) electrons. The summed E-state index contributed by atoms with van der Waals surface area (Å²) in [5, 5.41) is 10.5. The van der Waals surface area contributed by atoms with Gasteiger partial charge in [-0.15, -0.1) is 16.4 Å². The molecule has 0 saturated carbocycles. The van der Waals surface area contributed by atoms with Gasteiger partial charge in [0.2, 0.25) is 5.91 Å². The summed E-state index contributed by atoms with van der Waals surface area (Å²) in [5.74, 6) is 1.20. The molecule has 0 aliphatic carbocycles. The molecule has 4 heterocycles. The van der Waals surface area contributed by atoms with Crippen molar-refractivity contribution in [2.75, 3.05) is 18.0 Å². The number of hydrogen-bond donors (Lipinski definition) is 0. The fraction of sp³-hybridized carbons (Fsp3) is 0.471. The van der Waals surface area contributed by atoms with Gasteiger partial charge < -0.3 is 9.80 Å². The zero-order valence-electron chi connectivity index (χ0n) is 13.2. The molecule has 120 valence electrons. The van der Waals surface area contributed by atoms with Crippen molar-refractivity contribution < 1.29 is 4.79 Å². The maximum absolute atomic E-state index is 12.6. The number of fused-ring (bicyclic) bond motifs is 1. The van der Waals surface area contributed by atoms with Gasteiger partial charge in [-0.05, 0) is 43.3 Å². The second-order valence-electron chi connectivity index (χ2n) is 6.28. The molecule has 1 amide bonds. The van der Waals surface area contributed by atoms with Crippen molar-refractivity contribution in [1.82, 2.24) is 15.1 Å². The van der Waals surface area contributed by atoms with Crippen LogP contribution in [0.1, 0.15) is 23.4 Å². The molecule has 5 nitrogen and oxygen atoms in total. The fourth-order valence-electron chi connectivity index (χ4n) is 3.79. The lowest BCUT2D eigenvalue weighted by atomic mass is 10.1. The minimum absolute atomic E-state index is 0.261. The van der Waals surface area contributed by atoms with Crippen LogP contribution in [-0.2, 0) is 11.2 Å². The largest absolute Gasteiger partial charge is 0.350 e. The number of aromatic nitrogens is 2. The van der Waals surface area contributed by atoms with Crippen LogP contribution in [0, 0.1) is 6.92 Å². The van der Waals surface area contributed by atoms with Crippen molar-refractivity contribution in [1.29, 1.82) is 0 Å². The summed E-state index contributed by atoms with van der Waals surface area (Å²) in [5.41, 5.74) is 0.934. The Morgan fingerprint density at radius 1 is 1.22 bits per heavy atom. The summed E-state index contributed by atoms with van der Waals surface area (Å²) in [6.45, 7) is 3.76. The Hall–Kier alpha value is -1.95. The smallest absolute Gasteiger partial charge is 0.228 e. The number of nitrogens with zero attached hydrogens (tertiary/aromatic N) is 4. The lowest BCUT2D eigenvalue weighted by molar-refractivity contribution is -0.131. The van der Waals surface area contributed by atoms with E-state index >= 15 is 0 Å². The summed E-state index contributed by atoms with van der Waals surface area (Å²) in [7, 11) is 0. The first-order chi connectivity index (χ1) is 11.2. The lowest BCUT2D eigenvalue weighted by Gasteiger charge is -2.26. The van der Waals surface area contributed by atoms with Crippen molar-refractivity contribution in [2.45, 2.75) is 38.3 Å². The van der Waals surface area contributed by atoms with Gasteiger partial charge >= 0.3 is 0 Å². The van der Waals surface area contributed by atoms with Gasteiger partial charge in [0.1, 0.15) is 0 Å². The molecule has 23 heavy (non-hydrogen) atoms. The Labute approximate surface area is 139 Å². The molecule has 2 aliphatic heterocycles. The van der Waals surface area contributed by atoms with E-state index in [4.69, 9.17) is 0 Å². The molecule has 2 saturated heterocycles. The molecule has 0 aromatic carbocycles. The second-order valence-corrected chi connectivity index (χ2v) is 7.31. The molecule has 0 spiro atoms. The number of aryl methyl sites for hydroxylation is 1. The number of rotatable bonds is 3. The van der Waals surface area contributed by atoms with Crippen LogP contribution in [0.25, 0.3) is 0 Å². The molecule has 2 aromatic heterocycles. The SMILES string of the molecule is Cc1ccc(N2CC[C@@H]3[C@@H]2CCN3C(=O)Cc2cccs2)nn1. The molecule has 6 heteroatoms. The zero-order valence-corrected chi connectivity index (χ0v) is 14.0. The fourth-order valence-corrected chi connectivity index (χ4v) is 4.49. The standard InChI is InChI=1S/C17H20N4OS/c1-12-4-5-16(19-18-12)20-8-6-15-14(20)7-9-21(15)17(22)11-13-3-2-10-23-13/h2-5,10,14-15H,6-9,11H2,1H3/t14-,15+/m0/s1. The van der Waals surface area contributed by atoms with Crippen LogP contribution in [0.2, 0.25) is 0 Å². The summed E-state index contributed by atoms with van der Waals surface area (Å²) >= 11 is 1.66. The Bertz CT molecular complexity index is 685. The molecule has 2 fully saturated rings. The summed E-state index contributed by atoms with van der Waals surface area (Å²) < 4.78 is 0. The molecular weight excluding hydrogens is 308 g/mol. The highest BCUT2D eigenvalue weighted by atomic mass is 32.1. The highest BCUT2D eigenvalue weighted by Crippen LogP contribution is 2.34. The topological polar surface area (TPSA) is 49.3 Å². The lowest BCUT2D eigenvalue weighted by Crippen LogP contribution is -2.40. The molecule has 2 aliphatic rings. The number of carbonyl (C=O) groups is 1. The number of anilines is 1. The van der Waals surface area contributed by atoms with Gasteiger partial charge in [-0.1, -0.05) is 6.07 Å². The van der Waals surface area contributed by atoms with Gasteiger partial charge in [0.25, 0.3) is 0 Å². The van der Waals surface area contributed by atoms with E-state index in [1.54, 1.807) is 11.3 Å². The third-order valence-electron chi connectivity index (χ3n) is 4.88. The maximum atomic E-state index is 12.6. The van der Waals surface area contributed by atoms with E-state index in [2.05, 4.69) is 20.0 Å². The van der Waals surface area contributed by atoms with E-state index in [1.165, 1.54) is 0 Å². The molecule has 0 bridgehead atoms. The first-order valence-electron chi connectivity index (χ1n) is 8.11. The average Bonchev–Trinajstić information content (AvgIpc) is 3.24. The van der Waals surface area contributed by atoms with Crippen LogP contribution in [0.5, 0.6) is 0 Å². The number of hydrogen-bond acceptors (Lipinski definition) is 5. The van der Waals surface area contributed by atoms with Crippen LogP contribution in [0.15, 0.2) is 29.6 Å². The summed E-state index contributed by atoms with van der Waals surface area (Å²) in [6.07, 6.45) is 2.58. The molecule has 2 atom stereocenters.